The summed E-state index contributed by atoms with van der Waals surface area (Å²) in [6.07, 6.45) is 0. The van der Waals surface area contributed by atoms with Crippen LogP contribution in [0.2, 0.25) is 0 Å². The Morgan fingerprint density at radius 3 is 2.18 bits per heavy atom. The predicted octanol–water partition coefficient (Wildman–Crippen LogP) is 4.56. The molecular weight excluding hydrogens is 376 g/mol. The van der Waals surface area contributed by atoms with Crippen molar-refractivity contribution in [2.45, 2.75) is 11.8 Å². The summed E-state index contributed by atoms with van der Waals surface area (Å²) in [5, 5.41) is 3.25. The highest BCUT2D eigenvalue weighted by Crippen LogP contribution is 2.28. The van der Waals surface area contributed by atoms with E-state index < -0.39 is 10.0 Å². The molecule has 0 aliphatic heterocycles. The van der Waals surface area contributed by atoms with Crippen LogP contribution in [0.25, 0.3) is 0 Å². The van der Waals surface area contributed by atoms with Gasteiger partial charge in [-0.2, -0.15) is 0 Å². The van der Waals surface area contributed by atoms with E-state index >= 15 is 0 Å². The summed E-state index contributed by atoms with van der Waals surface area (Å²) in [6.45, 7) is 1.83. The van der Waals surface area contributed by atoms with Crippen LogP contribution < -0.4 is 19.5 Å². The van der Waals surface area contributed by atoms with Crippen molar-refractivity contribution in [1.29, 1.82) is 0 Å². The van der Waals surface area contributed by atoms with E-state index in [2.05, 4.69) is 10.0 Å². The summed E-state index contributed by atoms with van der Waals surface area (Å²) in [4.78, 5) is 0.105. The molecule has 0 saturated heterocycles. The normalized spacial score (nSPS) is 11.0. The molecule has 2 N–H and O–H groups in total. The van der Waals surface area contributed by atoms with Gasteiger partial charge in [0.25, 0.3) is 10.0 Å². The fraction of sp³-hybridized carbons (Fsp3) is 0.143. The number of nitrogens with one attached hydrogen (secondary N) is 2. The number of rotatable bonds is 7. The van der Waals surface area contributed by atoms with Gasteiger partial charge in [-0.1, -0.05) is 12.1 Å². The van der Waals surface area contributed by atoms with Crippen LogP contribution >= 0.6 is 0 Å². The molecule has 146 valence electrons. The monoisotopic (exact) mass is 398 g/mol. The van der Waals surface area contributed by atoms with Crippen molar-refractivity contribution >= 4 is 27.1 Å². The molecule has 3 aromatic rings. The zero-order valence-electron chi connectivity index (χ0n) is 15.9. The minimum Gasteiger partial charge on any atom is -0.497 e. The van der Waals surface area contributed by atoms with Gasteiger partial charge in [0.15, 0.2) is 0 Å². The standard InChI is InChI=1S/C21H22N2O4S/c1-15-7-12-20(27-3)21(13-15)28(24,25)23-17-10-8-16(9-11-17)22-18-5-4-6-19(14-18)26-2/h4-14,22-23H,1-3H3. The molecular formula is C21H22N2O4S. The molecule has 0 radical (unpaired) electrons. The Labute approximate surface area is 165 Å². The van der Waals surface area contributed by atoms with Crippen LogP contribution in [0.1, 0.15) is 5.56 Å². The summed E-state index contributed by atoms with van der Waals surface area (Å²) in [5.74, 6) is 1.05. The molecule has 3 aromatic carbocycles. The number of sulfonamides is 1. The average Bonchev–Trinajstić information content (AvgIpc) is 2.69. The van der Waals surface area contributed by atoms with E-state index in [0.717, 1.165) is 22.7 Å². The van der Waals surface area contributed by atoms with E-state index in [0.29, 0.717) is 11.4 Å². The van der Waals surface area contributed by atoms with Crippen LogP contribution in [0.15, 0.2) is 71.6 Å². The largest absolute Gasteiger partial charge is 0.497 e. The van der Waals surface area contributed by atoms with Gasteiger partial charge in [0.1, 0.15) is 16.4 Å². The Bertz CT molecular complexity index is 1060. The molecule has 0 bridgehead atoms. The third-order valence-corrected chi connectivity index (χ3v) is 5.51. The third kappa shape index (κ3) is 4.55. The zero-order chi connectivity index (χ0) is 20.1. The number of benzene rings is 3. The van der Waals surface area contributed by atoms with Crippen LogP contribution in [0.5, 0.6) is 11.5 Å². The molecule has 28 heavy (non-hydrogen) atoms. The van der Waals surface area contributed by atoms with Gasteiger partial charge in [0.05, 0.1) is 14.2 Å². The number of aryl methyl sites for hydroxylation is 1. The maximum absolute atomic E-state index is 12.8. The highest BCUT2D eigenvalue weighted by Gasteiger charge is 2.19. The van der Waals surface area contributed by atoms with Gasteiger partial charge in [-0.25, -0.2) is 8.42 Å². The number of anilines is 3. The van der Waals surface area contributed by atoms with E-state index in [1.165, 1.54) is 7.11 Å². The minimum atomic E-state index is -3.77. The quantitative estimate of drug-likeness (QED) is 0.610. The Kier molecular flexibility index (Phi) is 5.75. The first kappa shape index (κ1) is 19.6. The second-order valence-electron chi connectivity index (χ2n) is 6.19. The van der Waals surface area contributed by atoms with Crippen LogP contribution in [0.4, 0.5) is 17.1 Å². The summed E-state index contributed by atoms with van der Waals surface area (Å²) >= 11 is 0. The molecule has 0 heterocycles. The second-order valence-corrected chi connectivity index (χ2v) is 7.84. The lowest BCUT2D eigenvalue weighted by atomic mass is 10.2. The highest BCUT2D eigenvalue weighted by molar-refractivity contribution is 7.92. The van der Waals surface area contributed by atoms with Crippen molar-refractivity contribution in [3.8, 4) is 11.5 Å². The Balaban J connectivity index is 1.77. The summed E-state index contributed by atoms with van der Waals surface area (Å²) in [7, 11) is -0.710. The molecule has 0 saturated carbocycles. The molecule has 6 nitrogen and oxygen atoms in total. The highest BCUT2D eigenvalue weighted by atomic mass is 32.2. The molecule has 3 rings (SSSR count). The number of ether oxygens (including phenoxy) is 2. The van der Waals surface area contributed by atoms with Crippen molar-refractivity contribution in [1.82, 2.24) is 0 Å². The maximum Gasteiger partial charge on any atom is 0.265 e. The molecule has 0 fully saturated rings. The molecule has 0 aliphatic carbocycles. The number of hydrogen-bond donors (Lipinski definition) is 2. The van der Waals surface area contributed by atoms with Gasteiger partial charge in [-0.3, -0.25) is 4.72 Å². The van der Waals surface area contributed by atoms with E-state index in [9.17, 15) is 8.42 Å². The molecule has 0 atom stereocenters. The van der Waals surface area contributed by atoms with Gasteiger partial charge < -0.3 is 14.8 Å². The van der Waals surface area contributed by atoms with Crippen LogP contribution in [-0.2, 0) is 10.0 Å². The van der Waals surface area contributed by atoms with Crippen molar-refractivity contribution in [2.24, 2.45) is 0 Å². The van der Waals surface area contributed by atoms with Crippen LogP contribution in [0.3, 0.4) is 0 Å². The average molecular weight is 398 g/mol. The first-order valence-electron chi connectivity index (χ1n) is 8.60. The fourth-order valence-corrected chi connectivity index (χ4v) is 4.01. The predicted molar refractivity (Wildman–Crippen MR) is 111 cm³/mol. The van der Waals surface area contributed by atoms with Gasteiger partial charge in [0.2, 0.25) is 0 Å². The molecule has 0 aromatic heterocycles. The molecule has 0 aliphatic rings. The lowest BCUT2D eigenvalue weighted by Gasteiger charge is -2.13. The third-order valence-electron chi connectivity index (χ3n) is 4.10. The molecule has 0 unspecified atom stereocenters. The SMILES string of the molecule is COc1cccc(Nc2ccc(NS(=O)(=O)c3cc(C)ccc3OC)cc2)c1. The zero-order valence-corrected chi connectivity index (χ0v) is 16.7. The smallest absolute Gasteiger partial charge is 0.265 e. The van der Waals surface area contributed by atoms with Crippen molar-refractivity contribution in [3.05, 3.63) is 72.3 Å². The molecule has 0 spiro atoms. The minimum absolute atomic E-state index is 0.105. The first-order chi connectivity index (χ1) is 13.4. The maximum atomic E-state index is 12.8. The lowest BCUT2D eigenvalue weighted by molar-refractivity contribution is 0.402. The Hall–Kier alpha value is -3.19. The van der Waals surface area contributed by atoms with Gasteiger partial charge in [0, 0.05) is 23.1 Å². The van der Waals surface area contributed by atoms with Crippen molar-refractivity contribution in [3.63, 3.8) is 0 Å². The van der Waals surface area contributed by atoms with E-state index in [1.54, 1.807) is 49.6 Å². The van der Waals surface area contributed by atoms with Crippen molar-refractivity contribution < 1.29 is 17.9 Å². The topological polar surface area (TPSA) is 76.7 Å². The Morgan fingerprint density at radius 1 is 0.786 bits per heavy atom. The van der Waals surface area contributed by atoms with Gasteiger partial charge in [-0.15, -0.1) is 0 Å². The van der Waals surface area contributed by atoms with Crippen LogP contribution in [-0.4, -0.2) is 22.6 Å². The molecule has 7 heteroatoms. The van der Waals surface area contributed by atoms with E-state index in [-0.39, 0.29) is 4.90 Å². The summed E-state index contributed by atoms with van der Waals surface area (Å²) in [5.41, 5.74) is 2.99. The van der Waals surface area contributed by atoms with E-state index in [1.807, 2.05) is 31.2 Å². The van der Waals surface area contributed by atoms with Crippen LogP contribution in [0, 0.1) is 6.92 Å². The molecule has 0 amide bonds. The number of hydrogen-bond acceptors (Lipinski definition) is 5. The summed E-state index contributed by atoms with van der Waals surface area (Å²) in [6, 6.07) is 19.6. The second kappa shape index (κ2) is 8.22. The first-order valence-corrected chi connectivity index (χ1v) is 10.1. The fourth-order valence-electron chi connectivity index (χ4n) is 2.69. The summed E-state index contributed by atoms with van der Waals surface area (Å²) < 4.78 is 38.5. The Morgan fingerprint density at radius 2 is 1.50 bits per heavy atom. The number of methoxy groups -OCH3 is 2. The van der Waals surface area contributed by atoms with Gasteiger partial charge in [-0.05, 0) is 61.0 Å². The van der Waals surface area contributed by atoms with E-state index in [4.69, 9.17) is 9.47 Å². The van der Waals surface area contributed by atoms with Crippen molar-refractivity contribution in [2.75, 3.05) is 24.3 Å². The lowest BCUT2D eigenvalue weighted by Crippen LogP contribution is -2.14. The van der Waals surface area contributed by atoms with Gasteiger partial charge >= 0.3 is 0 Å².